The summed E-state index contributed by atoms with van der Waals surface area (Å²) < 4.78 is 13.4. The van der Waals surface area contributed by atoms with Crippen LogP contribution in [0, 0.1) is 0 Å². The third kappa shape index (κ3) is 4.40. The maximum Gasteiger partial charge on any atom is 0.359 e. The summed E-state index contributed by atoms with van der Waals surface area (Å²) in [6.07, 6.45) is 2.73. The summed E-state index contributed by atoms with van der Waals surface area (Å²) in [5.74, 6) is -0.350. The Morgan fingerprint density at radius 3 is 2.65 bits per heavy atom. The zero-order valence-corrected chi connectivity index (χ0v) is 17.6. The highest BCUT2D eigenvalue weighted by Gasteiger charge is 2.29. The Kier molecular flexibility index (Phi) is 5.82. The second-order valence-electron chi connectivity index (χ2n) is 8.19. The molecule has 3 aromatic rings. The number of rotatable bonds is 6. The zero-order chi connectivity index (χ0) is 21.0. The molecular formula is C25H27N3O3. The number of fused-ring (bicyclic) bond motifs is 1. The molecule has 1 aliphatic carbocycles. The lowest BCUT2D eigenvalue weighted by molar-refractivity contribution is -0.0613. The van der Waals surface area contributed by atoms with Crippen molar-refractivity contribution in [3.8, 4) is 5.69 Å². The van der Waals surface area contributed by atoms with Gasteiger partial charge in [0.05, 0.1) is 12.3 Å². The summed E-state index contributed by atoms with van der Waals surface area (Å²) in [5, 5.41) is 4.63. The number of nitrogens with zero attached hydrogens (tertiary/aromatic N) is 3. The summed E-state index contributed by atoms with van der Waals surface area (Å²) in [6, 6.07) is 20.4. The molecule has 1 saturated heterocycles. The van der Waals surface area contributed by atoms with Crippen molar-refractivity contribution >= 4 is 5.97 Å². The molecule has 0 bridgehead atoms. The highest BCUT2D eigenvalue weighted by Crippen LogP contribution is 2.28. The van der Waals surface area contributed by atoms with E-state index in [0.717, 1.165) is 55.8 Å². The van der Waals surface area contributed by atoms with E-state index < -0.39 is 0 Å². The molecule has 0 N–H and O–H groups in total. The van der Waals surface area contributed by atoms with E-state index in [0.29, 0.717) is 12.3 Å². The van der Waals surface area contributed by atoms with Gasteiger partial charge < -0.3 is 9.47 Å². The van der Waals surface area contributed by atoms with E-state index in [4.69, 9.17) is 9.47 Å². The maximum atomic E-state index is 12.9. The smallest absolute Gasteiger partial charge is 0.359 e. The Morgan fingerprint density at radius 2 is 1.84 bits per heavy atom. The SMILES string of the molecule is O=C(OCC1CN(Cc2ccccc2)CCO1)c1nn(-c2ccccc2)c2c1CCC2. The Morgan fingerprint density at radius 1 is 1.06 bits per heavy atom. The fourth-order valence-electron chi connectivity index (χ4n) is 4.49. The van der Waals surface area contributed by atoms with E-state index in [1.807, 2.05) is 41.1 Å². The van der Waals surface area contributed by atoms with Crippen molar-refractivity contribution in [2.45, 2.75) is 31.9 Å². The van der Waals surface area contributed by atoms with Gasteiger partial charge in [-0.25, -0.2) is 9.48 Å². The number of aromatic nitrogens is 2. The second-order valence-corrected chi connectivity index (χ2v) is 8.19. The van der Waals surface area contributed by atoms with E-state index in [1.165, 1.54) is 5.56 Å². The molecule has 6 heteroatoms. The van der Waals surface area contributed by atoms with Crippen LogP contribution in [0.3, 0.4) is 0 Å². The van der Waals surface area contributed by atoms with Crippen molar-refractivity contribution < 1.29 is 14.3 Å². The Balaban J connectivity index is 1.23. The van der Waals surface area contributed by atoms with Gasteiger partial charge in [0.1, 0.15) is 12.7 Å². The first-order chi connectivity index (χ1) is 15.3. The van der Waals surface area contributed by atoms with Crippen LogP contribution in [0.5, 0.6) is 0 Å². The Labute approximate surface area is 182 Å². The standard InChI is InChI=1S/C25H27N3O3/c29-25(24-22-12-7-13-23(22)28(26-24)20-10-5-2-6-11-20)31-18-21-17-27(14-15-30-21)16-19-8-3-1-4-9-19/h1-6,8-11,21H,7,12-18H2. The van der Waals surface area contributed by atoms with Gasteiger partial charge in [-0.05, 0) is 37.0 Å². The Hall–Kier alpha value is -2.96. The molecule has 6 nitrogen and oxygen atoms in total. The van der Waals surface area contributed by atoms with Gasteiger partial charge in [-0.2, -0.15) is 5.10 Å². The van der Waals surface area contributed by atoms with E-state index in [2.05, 4.69) is 34.3 Å². The van der Waals surface area contributed by atoms with Crippen LogP contribution in [0.15, 0.2) is 60.7 Å². The molecule has 1 atom stereocenters. The lowest BCUT2D eigenvalue weighted by Crippen LogP contribution is -2.44. The number of hydrogen-bond acceptors (Lipinski definition) is 5. The van der Waals surface area contributed by atoms with E-state index in [1.54, 1.807) is 0 Å². The summed E-state index contributed by atoms with van der Waals surface area (Å²) >= 11 is 0. The first-order valence-electron chi connectivity index (χ1n) is 11.0. The Bertz CT molecular complexity index is 1030. The maximum absolute atomic E-state index is 12.9. The van der Waals surface area contributed by atoms with E-state index >= 15 is 0 Å². The molecule has 1 unspecified atom stereocenters. The van der Waals surface area contributed by atoms with Gasteiger partial charge in [-0.1, -0.05) is 48.5 Å². The van der Waals surface area contributed by atoms with Gasteiger partial charge in [0, 0.05) is 30.9 Å². The molecule has 2 aromatic carbocycles. The quantitative estimate of drug-likeness (QED) is 0.576. The van der Waals surface area contributed by atoms with Crippen LogP contribution in [0.4, 0.5) is 0 Å². The van der Waals surface area contributed by atoms with Gasteiger partial charge in [0.15, 0.2) is 5.69 Å². The molecule has 0 spiro atoms. The number of esters is 1. The fourth-order valence-corrected chi connectivity index (χ4v) is 4.49. The molecule has 2 heterocycles. The number of carbonyl (C=O) groups is 1. The third-order valence-electron chi connectivity index (χ3n) is 6.00. The van der Waals surface area contributed by atoms with Gasteiger partial charge in [0.25, 0.3) is 0 Å². The molecule has 1 fully saturated rings. The lowest BCUT2D eigenvalue weighted by atomic mass is 10.2. The molecule has 0 radical (unpaired) electrons. The summed E-state index contributed by atoms with van der Waals surface area (Å²) in [4.78, 5) is 15.2. The average Bonchev–Trinajstić information content (AvgIpc) is 3.42. The molecule has 2 aliphatic rings. The summed E-state index contributed by atoms with van der Waals surface area (Å²) in [5.41, 5.74) is 4.87. The van der Waals surface area contributed by atoms with Crippen LogP contribution < -0.4 is 0 Å². The third-order valence-corrected chi connectivity index (χ3v) is 6.00. The van der Waals surface area contributed by atoms with Crippen molar-refractivity contribution in [2.75, 3.05) is 26.3 Å². The number of morpholine rings is 1. The van der Waals surface area contributed by atoms with Crippen LogP contribution in [0.25, 0.3) is 5.69 Å². The summed E-state index contributed by atoms with van der Waals surface area (Å²) in [6.45, 7) is 3.40. The minimum Gasteiger partial charge on any atom is -0.458 e. The lowest BCUT2D eigenvalue weighted by Gasteiger charge is -2.32. The topological polar surface area (TPSA) is 56.6 Å². The van der Waals surface area contributed by atoms with Gasteiger partial charge in [0.2, 0.25) is 0 Å². The fraction of sp³-hybridized carbons (Fsp3) is 0.360. The van der Waals surface area contributed by atoms with Crippen molar-refractivity contribution in [3.05, 3.63) is 83.2 Å². The van der Waals surface area contributed by atoms with Crippen molar-refractivity contribution in [1.82, 2.24) is 14.7 Å². The van der Waals surface area contributed by atoms with Crippen molar-refractivity contribution in [3.63, 3.8) is 0 Å². The van der Waals surface area contributed by atoms with Gasteiger partial charge in [-0.15, -0.1) is 0 Å². The number of carbonyl (C=O) groups excluding carboxylic acids is 1. The van der Waals surface area contributed by atoms with Gasteiger partial charge >= 0.3 is 5.97 Å². The number of para-hydroxylation sites is 1. The van der Waals surface area contributed by atoms with Crippen LogP contribution in [0.1, 0.15) is 33.7 Å². The number of ether oxygens (including phenoxy) is 2. The van der Waals surface area contributed by atoms with Crippen LogP contribution in [-0.2, 0) is 28.9 Å². The minimum absolute atomic E-state index is 0.120. The van der Waals surface area contributed by atoms with Crippen LogP contribution >= 0.6 is 0 Å². The first-order valence-corrected chi connectivity index (χ1v) is 11.0. The highest BCUT2D eigenvalue weighted by atomic mass is 16.6. The first kappa shape index (κ1) is 20.0. The largest absolute Gasteiger partial charge is 0.458 e. The normalized spacial score (nSPS) is 18.6. The molecule has 160 valence electrons. The molecule has 0 amide bonds. The highest BCUT2D eigenvalue weighted by molar-refractivity contribution is 5.89. The van der Waals surface area contributed by atoms with Gasteiger partial charge in [-0.3, -0.25) is 4.90 Å². The molecule has 31 heavy (non-hydrogen) atoms. The molecule has 5 rings (SSSR count). The van der Waals surface area contributed by atoms with Crippen molar-refractivity contribution in [2.24, 2.45) is 0 Å². The predicted octanol–water partition coefficient (Wildman–Crippen LogP) is 3.42. The van der Waals surface area contributed by atoms with E-state index in [-0.39, 0.29) is 18.7 Å². The zero-order valence-electron chi connectivity index (χ0n) is 17.6. The predicted molar refractivity (Wildman–Crippen MR) is 117 cm³/mol. The van der Waals surface area contributed by atoms with E-state index in [9.17, 15) is 4.79 Å². The minimum atomic E-state index is -0.350. The average molecular weight is 418 g/mol. The molecule has 1 aliphatic heterocycles. The molecule has 1 aromatic heterocycles. The second kappa shape index (κ2) is 9.04. The monoisotopic (exact) mass is 417 g/mol. The van der Waals surface area contributed by atoms with Crippen LogP contribution in [0.2, 0.25) is 0 Å². The van der Waals surface area contributed by atoms with Crippen molar-refractivity contribution in [1.29, 1.82) is 0 Å². The number of hydrogen-bond donors (Lipinski definition) is 0. The number of benzene rings is 2. The molecule has 0 saturated carbocycles. The molecular weight excluding hydrogens is 390 g/mol. The summed E-state index contributed by atoms with van der Waals surface area (Å²) in [7, 11) is 0. The van der Waals surface area contributed by atoms with Crippen LogP contribution in [-0.4, -0.2) is 53.1 Å².